The van der Waals surface area contributed by atoms with Gasteiger partial charge in [0, 0.05) is 37.6 Å². The maximum absolute atomic E-state index is 13.7. The Morgan fingerprint density at radius 2 is 1.91 bits per heavy atom. The highest BCUT2D eigenvalue weighted by molar-refractivity contribution is 6.04. The molecule has 3 aromatic heterocycles. The molecule has 8 nitrogen and oxygen atoms in total. The van der Waals surface area contributed by atoms with Gasteiger partial charge in [-0.3, -0.25) is 10.2 Å². The Bertz CT molecular complexity index is 1190. The van der Waals surface area contributed by atoms with Gasteiger partial charge in [-0.25, -0.2) is 24.1 Å². The van der Waals surface area contributed by atoms with Crippen LogP contribution >= 0.6 is 0 Å². The zero-order chi connectivity index (χ0) is 22.4. The average Bonchev–Trinajstić information content (AvgIpc) is 3.47. The van der Waals surface area contributed by atoms with Gasteiger partial charge in [-0.1, -0.05) is 6.07 Å². The molecule has 1 N–H and O–H groups in total. The van der Waals surface area contributed by atoms with Crippen molar-refractivity contribution >= 4 is 29.2 Å². The fraction of sp³-hybridized carbons (Fsp3) is 0.333. The van der Waals surface area contributed by atoms with Crippen LogP contribution in [-0.2, 0) is 0 Å². The highest BCUT2D eigenvalue weighted by Gasteiger charge is 2.40. The van der Waals surface area contributed by atoms with E-state index in [1.807, 2.05) is 41.3 Å². The number of nitrogens with zero attached hydrogens (tertiary/aromatic N) is 6. The molecule has 3 aromatic rings. The number of nitrogens with one attached hydrogen (secondary N) is 1. The van der Waals surface area contributed by atoms with Crippen molar-refractivity contribution in [2.45, 2.75) is 25.1 Å². The van der Waals surface area contributed by atoms with E-state index in [9.17, 15) is 9.18 Å². The molecule has 2 bridgehead atoms. The largest absolute Gasteiger partial charge is 0.366 e. The van der Waals surface area contributed by atoms with Crippen molar-refractivity contribution in [2.24, 2.45) is 0 Å². The summed E-state index contributed by atoms with van der Waals surface area (Å²) in [6.45, 7) is 2.72. The van der Waals surface area contributed by atoms with Gasteiger partial charge < -0.3 is 9.80 Å². The number of urea groups is 1. The number of aromatic nitrogens is 3. The second-order valence-corrected chi connectivity index (χ2v) is 8.68. The zero-order valence-corrected chi connectivity index (χ0v) is 18.1. The summed E-state index contributed by atoms with van der Waals surface area (Å²) in [5.41, 5.74) is 2.60. The Hall–Kier alpha value is -3.75. The molecule has 0 aliphatic carbocycles. The van der Waals surface area contributed by atoms with Gasteiger partial charge in [-0.05, 0) is 49.2 Å². The molecule has 0 radical (unpaired) electrons. The molecular formula is C24H24FN7O. The fourth-order valence-electron chi connectivity index (χ4n) is 4.92. The topological polar surface area (TPSA) is 77.5 Å². The van der Waals surface area contributed by atoms with Crippen LogP contribution in [-0.4, -0.2) is 59.4 Å². The summed E-state index contributed by atoms with van der Waals surface area (Å²) >= 11 is 0. The number of alkyl halides is 1. The van der Waals surface area contributed by atoms with E-state index in [0.29, 0.717) is 31.1 Å². The Morgan fingerprint density at radius 1 is 1.00 bits per heavy atom. The first kappa shape index (κ1) is 19.9. The molecule has 0 spiro atoms. The van der Waals surface area contributed by atoms with Gasteiger partial charge in [0.25, 0.3) is 0 Å². The summed E-state index contributed by atoms with van der Waals surface area (Å²) < 4.78 is 13.7. The predicted molar refractivity (Wildman–Crippen MR) is 126 cm³/mol. The van der Waals surface area contributed by atoms with Crippen molar-refractivity contribution in [2.75, 3.05) is 46.2 Å². The summed E-state index contributed by atoms with van der Waals surface area (Å²) in [6.07, 6.45) is 3.99. The van der Waals surface area contributed by atoms with E-state index in [2.05, 4.69) is 20.2 Å². The molecule has 9 heteroatoms. The number of halogens is 1. The molecule has 2 amide bonds. The van der Waals surface area contributed by atoms with Crippen molar-refractivity contribution in [3.63, 3.8) is 0 Å². The quantitative estimate of drug-likeness (QED) is 0.662. The minimum Gasteiger partial charge on any atom is -0.366 e. The van der Waals surface area contributed by atoms with Crippen LogP contribution in [0.4, 0.5) is 32.3 Å². The van der Waals surface area contributed by atoms with Crippen LogP contribution < -0.4 is 20.0 Å². The number of hydrogen-bond donors (Lipinski definition) is 1. The molecule has 2 saturated heterocycles. The van der Waals surface area contributed by atoms with E-state index < -0.39 is 6.17 Å². The fourth-order valence-corrected chi connectivity index (χ4v) is 4.92. The van der Waals surface area contributed by atoms with Crippen molar-refractivity contribution in [1.82, 2.24) is 15.0 Å². The van der Waals surface area contributed by atoms with Crippen molar-refractivity contribution in [3.05, 3.63) is 54.9 Å². The molecule has 0 unspecified atom stereocenters. The monoisotopic (exact) mass is 445 g/mol. The molecule has 168 valence electrons. The second kappa shape index (κ2) is 7.99. The lowest BCUT2D eigenvalue weighted by atomic mass is 10.1. The summed E-state index contributed by atoms with van der Waals surface area (Å²) in [6, 6.07) is 13.1. The number of fused-ring (bicyclic) bond motifs is 4. The first-order chi connectivity index (χ1) is 16.2. The van der Waals surface area contributed by atoms with Crippen molar-refractivity contribution < 1.29 is 9.18 Å². The van der Waals surface area contributed by atoms with E-state index in [0.717, 1.165) is 42.3 Å². The molecular weight excluding hydrogens is 421 g/mol. The molecule has 2 fully saturated rings. The number of pyridine rings is 3. The third-order valence-corrected chi connectivity index (χ3v) is 6.57. The number of carbonyl (C=O) groups is 1. The maximum atomic E-state index is 13.7. The Kier molecular flexibility index (Phi) is 4.82. The highest BCUT2D eigenvalue weighted by Crippen LogP contribution is 2.40. The lowest BCUT2D eigenvalue weighted by molar-refractivity contribution is 0.254. The third kappa shape index (κ3) is 3.63. The van der Waals surface area contributed by atoms with Crippen molar-refractivity contribution in [1.29, 1.82) is 0 Å². The van der Waals surface area contributed by atoms with Crippen LogP contribution in [0.5, 0.6) is 0 Å². The van der Waals surface area contributed by atoms with Gasteiger partial charge in [0.05, 0.1) is 24.0 Å². The van der Waals surface area contributed by atoms with E-state index in [-0.39, 0.29) is 12.1 Å². The van der Waals surface area contributed by atoms with Crippen LogP contribution in [0.2, 0.25) is 0 Å². The number of rotatable bonds is 3. The van der Waals surface area contributed by atoms with Crippen LogP contribution in [0.15, 0.2) is 54.9 Å². The molecule has 3 aliphatic heterocycles. The normalized spacial score (nSPS) is 21.3. The summed E-state index contributed by atoms with van der Waals surface area (Å²) in [5, 5.41) is 2.91. The van der Waals surface area contributed by atoms with Gasteiger partial charge in [0.15, 0.2) is 5.82 Å². The van der Waals surface area contributed by atoms with Gasteiger partial charge in [0.2, 0.25) is 0 Å². The predicted octanol–water partition coefficient (Wildman–Crippen LogP) is 3.72. The standard InChI is InChI=1S/C24H24FN7O/c25-17-7-11-31(14-17)22-13-16(6-10-27-22)19-4-5-20-23(28-19)32(18-8-12-30(20)15-18)24(33)29-21-3-1-2-9-26-21/h1-6,9-10,13,17-18H,7-8,11-12,14-15H2,(H,26,29,33)/t17-,18-/m0/s1. The molecule has 2 atom stereocenters. The minimum atomic E-state index is -0.812. The molecule has 6 heterocycles. The Morgan fingerprint density at radius 3 is 2.73 bits per heavy atom. The first-order valence-electron chi connectivity index (χ1n) is 11.3. The maximum Gasteiger partial charge on any atom is 0.329 e. The van der Waals surface area contributed by atoms with Crippen LogP contribution in [0.1, 0.15) is 12.8 Å². The third-order valence-electron chi connectivity index (χ3n) is 6.57. The zero-order valence-electron chi connectivity index (χ0n) is 18.1. The van der Waals surface area contributed by atoms with Gasteiger partial charge in [0.1, 0.15) is 17.8 Å². The Balaban J connectivity index is 1.34. The van der Waals surface area contributed by atoms with Crippen LogP contribution in [0, 0.1) is 0 Å². The first-order valence-corrected chi connectivity index (χ1v) is 11.3. The average molecular weight is 446 g/mol. The van der Waals surface area contributed by atoms with Gasteiger partial charge >= 0.3 is 6.03 Å². The van der Waals surface area contributed by atoms with Gasteiger partial charge in [-0.15, -0.1) is 0 Å². The molecule has 0 saturated carbocycles. The number of carbonyl (C=O) groups excluding carboxylic acids is 1. The molecule has 0 aromatic carbocycles. The second-order valence-electron chi connectivity index (χ2n) is 8.68. The Labute approximate surface area is 191 Å². The molecule has 6 rings (SSSR count). The summed E-state index contributed by atoms with van der Waals surface area (Å²) in [4.78, 5) is 32.9. The summed E-state index contributed by atoms with van der Waals surface area (Å²) in [7, 11) is 0. The van der Waals surface area contributed by atoms with Crippen molar-refractivity contribution in [3.8, 4) is 11.3 Å². The van der Waals surface area contributed by atoms with E-state index in [1.165, 1.54) is 0 Å². The SMILES string of the molecule is O=C(Nc1ccccn1)N1c2nc(-c3ccnc(N4CC[C@H](F)C4)c3)ccc2N2CC[C@H]1C2. The molecule has 33 heavy (non-hydrogen) atoms. The van der Waals surface area contributed by atoms with Crippen LogP contribution in [0.3, 0.4) is 0 Å². The number of anilines is 4. The van der Waals surface area contributed by atoms with E-state index in [1.54, 1.807) is 23.4 Å². The number of amides is 2. The van der Waals surface area contributed by atoms with E-state index >= 15 is 0 Å². The lowest BCUT2D eigenvalue weighted by Gasteiger charge is -2.35. The lowest BCUT2D eigenvalue weighted by Crippen LogP contribution is -2.48. The minimum absolute atomic E-state index is 0.0584. The smallest absolute Gasteiger partial charge is 0.329 e. The van der Waals surface area contributed by atoms with E-state index in [4.69, 9.17) is 4.98 Å². The highest BCUT2D eigenvalue weighted by atomic mass is 19.1. The summed E-state index contributed by atoms with van der Waals surface area (Å²) in [5.74, 6) is 1.91. The molecule has 3 aliphatic rings. The van der Waals surface area contributed by atoms with Gasteiger partial charge in [-0.2, -0.15) is 0 Å². The number of hydrogen-bond acceptors (Lipinski definition) is 6. The van der Waals surface area contributed by atoms with Crippen LogP contribution in [0.25, 0.3) is 11.3 Å².